The molecule has 0 fully saturated rings. The van der Waals surface area contributed by atoms with Gasteiger partial charge in [0.2, 0.25) is 0 Å². The number of hydrogen-bond acceptors (Lipinski definition) is 5. The molecule has 0 unspecified atom stereocenters. The van der Waals surface area contributed by atoms with Crippen LogP contribution in [-0.2, 0) is 24.4 Å². The molecule has 0 aliphatic carbocycles. The van der Waals surface area contributed by atoms with E-state index in [1.165, 1.54) is 40.6 Å². The van der Waals surface area contributed by atoms with E-state index in [4.69, 9.17) is 18.9 Å². The minimum absolute atomic E-state index is 0.269. The molecular weight excluding hydrogens is 289 g/mol. The molecule has 0 aliphatic rings. The van der Waals surface area contributed by atoms with Gasteiger partial charge in [0, 0.05) is 41.3 Å². The summed E-state index contributed by atoms with van der Waals surface area (Å²) < 4.78 is 34.1. The zero-order valence-corrected chi connectivity index (χ0v) is 13.3. The fourth-order valence-electron chi connectivity index (χ4n) is 2.34. The van der Waals surface area contributed by atoms with Gasteiger partial charge in [0.1, 0.15) is 5.82 Å². The van der Waals surface area contributed by atoms with Crippen LogP contribution in [0.3, 0.4) is 0 Å². The van der Waals surface area contributed by atoms with Crippen LogP contribution in [0.2, 0.25) is 0 Å². The van der Waals surface area contributed by atoms with E-state index in [9.17, 15) is 9.65 Å². The van der Waals surface area contributed by atoms with Gasteiger partial charge in [-0.3, -0.25) is 0 Å². The summed E-state index contributed by atoms with van der Waals surface area (Å²) in [5.74, 6) is -0.361. The number of hydrogen-bond donors (Lipinski definition) is 0. The van der Waals surface area contributed by atoms with Gasteiger partial charge in [-0.25, -0.2) is 4.39 Å². The summed E-state index contributed by atoms with van der Waals surface area (Å²) in [5.41, 5.74) is -0.323. The predicted molar refractivity (Wildman–Crippen MR) is 78.5 cm³/mol. The van der Waals surface area contributed by atoms with Crippen LogP contribution in [0, 0.1) is 17.1 Å². The third kappa shape index (κ3) is 4.49. The lowest BCUT2D eigenvalue weighted by atomic mass is 9.75. The van der Waals surface area contributed by atoms with Gasteiger partial charge >= 0.3 is 0 Å². The Balaban J connectivity index is 3.21. The second kappa shape index (κ2) is 8.81. The van der Waals surface area contributed by atoms with Gasteiger partial charge in [-0.2, -0.15) is 5.26 Å². The van der Waals surface area contributed by atoms with E-state index in [2.05, 4.69) is 6.07 Å². The molecule has 0 atom stereocenters. The Kier molecular flexibility index (Phi) is 7.42. The maximum absolute atomic E-state index is 13.2. The lowest BCUT2D eigenvalue weighted by Gasteiger charge is -2.32. The Morgan fingerprint density at radius 3 is 1.68 bits per heavy atom. The minimum atomic E-state index is -0.985. The van der Waals surface area contributed by atoms with Gasteiger partial charge < -0.3 is 18.9 Å². The Bertz CT molecular complexity index is 464. The predicted octanol–water partition coefficient (Wildman–Crippen LogP) is 2.61. The third-order valence-corrected chi connectivity index (χ3v) is 3.69. The van der Waals surface area contributed by atoms with Crippen LogP contribution < -0.4 is 0 Å². The molecule has 0 aromatic heterocycles. The lowest BCUT2D eigenvalue weighted by Crippen LogP contribution is -2.36. The summed E-state index contributed by atoms with van der Waals surface area (Å²) in [6, 6.07) is 8.13. The van der Waals surface area contributed by atoms with E-state index in [0.717, 1.165) is 0 Å². The van der Waals surface area contributed by atoms with Crippen LogP contribution in [0.4, 0.5) is 4.39 Å². The fourth-order valence-corrected chi connectivity index (χ4v) is 2.34. The SMILES string of the molecule is COC(CC(C#N)(CC(OC)OC)c1ccc(F)cc1)OC. The summed E-state index contributed by atoms with van der Waals surface area (Å²) in [7, 11) is 6.02. The van der Waals surface area contributed by atoms with Crippen molar-refractivity contribution in [1.82, 2.24) is 0 Å². The van der Waals surface area contributed by atoms with Crippen molar-refractivity contribution in [1.29, 1.82) is 5.26 Å². The molecule has 0 N–H and O–H groups in total. The normalized spacial score (nSPS) is 11.9. The molecule has 0 radical (unpaired) electrons. The Morgan fingerprint density at radius 1 is 0.955 bits per heavy atom. The van der Waals surface area contributed by atoms with Crippen LogP contribution in [0.5, 0.6) is 0 Å². The monoisotopic (exact) mass is 311 g/mol. The highest BCUT2D eigenvalue weighted by Crippen LogP contribution is 2.35. The molecule has 0 amide bonds. The summed E-state index contributed by atoms with van der Waals surface area (Å²) in [5, 5.41) is 9.81. The first-order valence-electron chi connectivity index (χ1n) is 6.83. The summed E-state index contributed by atoms with van der Waals surface area (Å²) >= 11 is 0. The van der Waals surface area contributed by atoms with Crippen molar-refractivity contribution < 1.29 is 23.3 Å². The molecule has 0 saturated carbocycles. The van der Waals surface area contributed by atoms with Crippen molar-refractivity contribution in [3.63, 3.8) is 0 Å². The molecule has 0 aliphatic heterocycles. The van der Waals surface area contributed by atoms with Crippen molar-refractivity contribution in [3.8, 4) is 6.07 Å². The molecule has 0 spiro atoms. The number of benzene rings is 1. The summed E-state index contributed by atoms with van der Waals surface area (Å²) in [6.45, 7) is 0. The maximum atomic E-state index is 13.2. The van der Waals surface area contributed by atoms with Crippen molar-refractivity contribution in [3.05, 3.63) is 35.6 Å². The molecule has 1 aromatic rings. The summed E-state index contributed by atoms with van der Waals surface area (Å²) in [6.07, 6.45) is -0.602. The van der Waals surface area contributed by atoms with Crippen LogP contribution in [-0.4, -0.2) is 41.0 Å². The quantitative estimate of drug-likeness (QED) is 0.656. The Morgan fingerprint density at radius 2 is 1.36 bits per heavy atom. The first kappa shape index (κ1) is 18.5. The average Bonchev–Trinajstić information content (AvgIpc) is 2.56. The molecule has 1 aromatic carbocycles. The van der Waals surface area contributed by atoms with Gasteiger partial charge in [-0.05, 0) is 17.7 Å². The fraction of sp³-hybridized carbons (Fsp3) is 0.562. The van der Waals surface area contributed by atoms with E-state index in [0.29, 0.717) is 5.56 Å². The van der Waals surface area contributed by atoms with Gasteiger partial charge in [-0.15, -0.1) is 0 Å². The van der Waals surface area contributed by atoms with Crippen LogP contribution in [0.25, 0.3) is 0 Å². The highest BCUT2D eigenvalue weighted by molar-refractivity contribution is 5.33. The zero-order chi connectivity index (χ0) is 16.6. The highest BCUT2D eigenvalue weighted by Gasteiger charge is 2.38. The number of ether oxygens (including phenoxy) is 4. The molecule has 0 saturated heterocycles. The average molecular weight is 311 g/mol. The standard InChI is InChI=1S/C16H22FNO4/c1-19-14(20-2)9-16(11-18,10-15(21-3)22-4)12-5-7-13(17)8-6-12/h5-8,14-15H,9-10H2,1-4H3. The van der Waals surface area contributed by atoms with Gasteiger partial charge in [0.25, 0.3) is 0 Å². The zero-order valence-electron chi connectivity index (χ0n) is 13.3. The smallest absolute Gasteiger partial charge is 0.158 e. The third-order valence-electron chi connectivity index (χ3n) is 3.69. The molecule has 0 heterocycles. The topological polar surface area (TPSA) is 60.7 Å². The molecule has 1 rings (SSSR count). The second-order valence-electron chi connectivity index (χ2n) is 4.91. The first-order chi connectivity index (χ1) is 10.5. The minimum Gasteiger partial charge on any atom is -0.356 e. The van der Waals surface area contributed by atoms with Crippen molar-refractivity contribution in [2.45, 2.75) is 30.8 Å². The first-order valence-corrected chi connectivity index (χ1v) is 6.83. The van der Waals surface area contributed by atoms with Crippen molar-refractivity contribution in [2.24, 2.45) is 0 Å². The van der Waals surface area contributed by atoms with E-state index in [1.54, 1.807) is 12.1 Å². The van der Waals surface area contributed by atoms with Crippen molar-refractivity contribution in [2.75, 3.05) is 28.4 Å². The molecule has 6 heteroatoms. The van der Waals surface area contributed by atoms with E-state index in [-0.39, 0.29) is 18.7 Å². The number of halogens is 1. The van der Waals surface area contributed by atoms with E-state index >= 15 is 0 Å². The summed E-state index contributed by atoms with van der Waals surface area (Å²) in [4.78, 5) is 0. The maximum Gasteiger partial charge on any atom is 0.158 e. The van der Waals surface area contributed by atoms with E-state index < -0.39 is 18.0 Å². The number of nitriles is 1. The van der Waals surface area contributed by atoms with Gasteiger partial charge in [-0.1, -0.05) is 12.1 Å². The molecule has 5 nitrogen and oxygen atoms in total. The highest BCUT2D eigenvalue weighted by atomic mass is 19.1. The largest absolute Gasteiger partial charge is 0.356 e. The number of rotatable bonds is 9. The van der Waals surface area contributed by atoms with E-state index in [1.807, 2.05) is 0 Å². The second-order valence-corrected chi connectivity index (χ2v) is 4.91. The molecular formula is C16H22FNO4. The molecule has 22 heavy (non-hydrogen) atoms. The Labute approximate surface area is 130 Å². The van der Waals surface area contributed by atoms with Gasteiger partial charge in [0.15, 0.2) is 12.6 Å². The van der Waals surface area contributed by atoms with Crippen LogP contribution in [0.1, 0.15) is 18.4 Å². The van der Waals surface area contributed by atoms with Crippen LogP contribution in [0.15, 0.2) is 24.3 Å². The van der Waals surface area contributed by atoms with Crippen molar-refractivity contribution >= 4 is 0 Å². The van der Waals surface area contributed by atoms with Gasteiger partial charge in [0.05, 0.1) is 11.5 Å². The number of nitrogens with zero attached hydrogens (tertiary/aromatic N) is 1. The lowest BCUT2D eigenvalue weighted by molar-refractivity contribution is -0.136. The Hall–Kier alpha value is -1.52. The number of methoxy groups -OCH3 is 4. The molecule has 122 valence electrons. The van der Waals surface area contributed by atoms with Crippen LogP contribution >= 0.6 is 0 Å². The molecule has 0 bridgehead atoms.